The molecule has 0 aromatic heterocycles. The maximum absolute atomic E-state index is 3.69. The molecule has 0 saturated heterocycles. The lowest BCUT2D eigenvalue weighted by molar-refractivity contribution is 0.610. The van der Waals surface area contributed by atoms with Gasteiger partial charge in [0, 0.05) is 19.8 Å². The third-order valence-electron chi connectivity index (χ3n) is 3.94. The van der Waals surface area contributed by atoms with E-state index in [9.17, 15) is 0 Å². The number of nitrogens with one attached hydrogen (secondary N) is 1. The van der Waals surface area contributed by atoms with Gasteiger partial charge in [0.05, 0.1) is 0 Å². The highest BCUT2D eigenvalue weighted by molar-refractivity contribution is 14.1. The van der Waals surface area contributed by atoms with E-state index < -0.39 is 0 Å². The van der Waals surface area contributed by atoms with E-state index in [0.717, 1.165) is 12.8 Å². The largest absolute Gasteiger partial charge is 0.382 e. The monoisotopic (exact) mass is 441 g/mol. The summed E-state index contributed by atoms with van der Waals surface area (Å²) < 4.78 is 2.52. The summed E-state index contributed by atoms with van der Waals surface area (Å²) in [7, 11) is 0. The lowest BCUT2D eigenvalue weighted by Crippen LogP contribution is -2.27. The van der Waals surface area contributed by atoms with Crippen LogP contribution in [0.15, 0.2) is 40.9 Å². The Kier molecular flexibility index (Phi) is 4.36. The molecule has 104 valence electrons. The second-order valence-corrected chi connectivity index (χ2v) is 7.54. The molecule has 1 aliphatic carbocycles. The fourth-order valence-electron chi connectivity index (χ4n) is 2.77. The molecule has 3 heteroatoms. The fraction of sp³-hybridized carbons (Fsp3) is 0.294. The minimum Gasteiger partial charge on any atom is -0.382 e. The van der Waals surface area contributed by atoms with Gasteiger partial charge in [-0.2, -0.15) is 0 Å². The molecular formula is C17H17BrIN. The summed E-state index contributed by atoms with van der Waals surface area (Å²) in [5.41, 5.74) is 5.57. The van der Waals surface area contributed by atoms with Crippen molar-refractivity contribution in [3.8, 4) is 0 Å². The number of rotatable bonds is 2. The van der Waals surface area contributed by atoms with E-state index in [0.29, 0.717) is 6.04 Å². The Morgan fingerprint density at radius 3 is 2.80 bits per heavy atom. The van der Waals surface area contributed by atoms with Crippen LogP contribution in [-0.4, -0.2) is 6.04 Å². The summed E-state index contributed by atoms with van der Waals surface area (Å²) in [6, 6.07) is 13.8. The van der Waals surface area contributed by atoms with Gasteiger partial charge in [0.15, 0.2) is 0 Å². The smallest absolute Gasteiger partial charge is 0.0353 e. The Labute approximate surface area is 142 Å². The quantitative estimate of drug-likeness (QED) is 0.621. The molecule has 1 unspecified atom stereocenters. The summed E-state index contributed by atoms with van der Waals surface area (Å²) in [5.74, 6) is 0. The molecule has 1 nitrogen and oxygen atoms in total. The second-order valence-electron chi connectivity index (χ2n) is 5.46. The van der Waals surface area contributed by atoms with Crippen LogP contribution in [0, 0.1) is 10.5 Å². The molecule has 2 aromatic rings. The highest BCUT2D eigenvalue weighted by Crippen LogP contribution is 2.27. The summed E-state index contributed by atoms with van der Waals surface area (Å²) in [6.45, 7) is 2.15. The Bertz CT molecular complexity index is 639. The SMILES string of the molecule is Cc1ccc(NC2CCc3cc(Br)ccc3C2)cc1I. The first-order valence-electron chi connectivity index (χ1n) is 6.92. The van der Waals surface area contributed by atoms with Crippen molar-refractivity contribution >= 4 is 44.2 Å². The highest BCUT2D eigenvalue weighted by atomic mass is 127. The lowest BCUT2D eigenvalue weighted by atomic mass is 9.88. The van der Waals surface area contributed by atoms with Crippen LogP contribution in [0.5, 0.6) is 0 Å². The van der Waals surface area contributed by atoms with Crippen LogP contribution in [0.3, 0.4) is 0 Å². The van der Waals surface area contributed by atoms with Crippen molar-refractivity contribution in [1.82, 2.24) is 0 Å². The fourth-order valence-corrected chi connectivity index (χ4v) is 3.69. The predicted molar refractivity (Wildman–Crippen MR) is 97.5 cm³/mol. The van der Waals surface area contributed by atoms with Crippen molar-refractivity contribution in [2.45, 2.75) is 32.2 Å². The van der Waals surface area contributed by atoms with Crippen molar-refractivity contribution in [2.24, 2.45) is 0 Å². The molecule has 1 N–H and O–H groups in total. The normalized spacial score (nSPS) is 17.6. The van der Waals surface area contributed by atoms with Gasteiger partial charge in [-0.15, -0.1) is 0 Å². The lowest BCUT2D eigenvalue weighted by Gasteiger charge is -2.26. The zero-order valence-corrected chi connectivity index (χ0v) is 15.2. The van der Waals surface area contributed by atoms with Crippen molar-refractivity contribution in [2.75, 3.05) is 5.32 Å². The molecule has 1 aliphatic rings. The Morgan fingerprint density at radius 1 is 1.15 bits per heavy atom. The average molecular weight is 442 g/mol. The molecule has 0 saturated carbocycles. The number of benzene rings is 2. The minimum atomic E-state index is 0.544. The topological polar surface area (TPSA) is 12.0 Å². The van der Waals surface area contributed by atoms with E-state index in [2.05, 4.69) is 87.2 Å². The van der Waals surface area contributed by atoms with Crippen LogP contribution >= 0.6 is 38.5 Å². The van der Waals surface area contributed by atoms with Crippen LogP contribution in [-0.2, 0) is 12.8 Å². The van der Waals surface area contributed by atoms with Crippen molar-refractivity contribution in [3.63, 3.8) is 0 Å². The first-order chi connectivity index (χ1) is 9.61. The van der Waals surface area contributed by atoms with Crippen molar-refractivity contribution in [1.29, 1.82) is 0 Å². The minimum absolute atomic E-state index is 0.544. The molecule has 20 heavy (non-hydrogen) atoms. The first kappa shape index (κ1) is 14.4. The van der Waals surface area contributed by atoms with Gasteiger partial charge in [0.25, 0.3) is 0 Å². The van der Waals surface area contributed by atoms with E-state index in [1.807, 2.05) is 0 Å². The van der Waals surface area contributed by atoms with Crippen molar-refractivity contribution < 1.29 is 0 Å². The van der Waals surface area contributed by atoms with E-state index in [1.165, 1.54) is 36.8 Å². The molecule has 0 fully saturated rings. The van der Waals surface area contributed by atoms with Gasteiger partial charge in [0.1, 0.15) is 0 Å². The Hall–Kier alpha value is -0.550. The molecular weight excluding hydrogens is 425 g/mol. The average Bonchev–Trinajstić information content (AvgIpc) is 2.43. The molecule has 0 heterocycles. The van der Waals surface area contributed by atoms with Crippen molar-refractivity contribution in [3.05, 3.63) is 61.1 Å². The van der Waals surface area contributed by atoms with Gasteiger partial charge in [0.2, 0.25) is 0 Å². The maximum atomic E-state index is 3.69. The van der Waals surface area contributed by atoms with Crippen LogP contribution in [0.2, 0.25) is 0 Å². The van der Waals surface area contributed by atoms with Crippen LogP contribution in [0.4, 0.5) is 5.69 Å². The van der Waals surface area contributed by atoms with E-state index in [-0.39, 0.29) is 0 Å². The number of hydrogen-bond donors (Lipinski definition) is 1. The molecule has 0 amide bonds. The van der Waals surface area contributed by atoms with Gasteiger partial charge in [-0.05, 0) is 89.7 Å². The third kappa shape index (κ3) is 3.19. The highest BCUT2D eigenvalue weighted by Gasteiger charge is 2.18. The van der Waals surface area contributed by atoms with Gasteiger partial charge in [-0.1, -0.05) is 28.1 Å². The van der Waals surface area contributed by atoms with E-state index in [1.54, 1.807) is 0 Å². The first-order valence-corrected chi connectivity index (χ1v) is 8.79. The number of fused-ring (bicyclic) bond motifs is 1. The molecule has 2 aromatic carbocycles. The molecule has 0 radical (unpaired) electrons. The summed E-state index contributed by atoms with van der Waals surface area (Å²) >= 11 is 5.96. The zero-order valence-electron chi connectivity index (χ0n) is 11.4. The van der Waals surface area contributed by atoms with Crippen LogP contribution in [0.25, 0.3) is 0 Å². The zero-order chi connectivity index (χ0) is 14.1. The molecule has 0 bridgehead atoms. The second kappa shape index (κ2) is 6.06. The number of aryl methyl sites for hydroxylation is 2. The Balaban J connectivity index is 1.74. The maximum Gasteiger partial charge on any atom is 0.0353 e. The number of hydrogen-bond acceptors (Lipinski definition) is 1. The van der Waals surface area contributed by atoms with Crippen LogP contribution in [0.1, 0.15) is 23.1 Å². The summed E-state index contributed by atoms with van der Waals surface area (Å²) in [4.78, 5) is 0. The van der Waals surface area contributed by atoms with Gasteiger partial charge >= 0.3 is 0 Å². The Morgan fingerprint density at radius 2 is 2.00 bits per heavy atom. The number of anilines is 1. The van der Waals surface area contributed by atoms with E-state index >= 15 is 0 Å². The molecule has 0 aliphatic heterocycles. The van der Waals surface area contributed by atoms with Gasteiger partial charge in [-0.25, -0.2) is 0 Å². The predicted octanol–water partition coefficient (Wildman–Crippen LogP) is 5.33. The molecule has 0 spiro atoms. The standard InChI is InChI=1S/C17H17BrIN/c1-11-2-6-16(10-17(11)19)20-15-7-4-12-8-14(18)5-3-13(12)9-15/h2-3,5-6,8,10,15,20H,4,7,9H2,1H3. The third-order valence-corrected chi connectivity index (χ3v) is 5.59. The van der Waals surface area contributed by atoms with Gasteiger partial charge in [-0.3, -0.25) is 0 Å². The van der Waals surface area contributed by atoms with Crippen LogP contribution < -0.4 is 5.32 Å². The molecule has 3 rings (SSSR count). The summed E-state index contributed by atoms with van der Waals surface area (Å²) in [6.07, 6.45) is 3.48. The van der Waals surface area contributed by atoms with E-state index in [4.69, 9.17) is 0 Å². The molecule has 1 atom stereocenters. The summed E-state index contributed by atoms with van der Waals surface area (Å²) in [5, 5.41) is 3.69. The number of halogens is 2. The van der Waals surface area contributed by atoms with Gasteiger partial charge < -0.3 is 5.32 Å².